The van der Waals surface area contributed by atoms with E-state index in [1.165, 1.54) is 99.5 Å². The summed E-state index contributed by atoms with van der Waals surface area (Å²) in [6.07, 6.45) is 4.59. The Balaban J connectivity index is 1.15. The first-order chi connectivity index (χ1) is 30.3. The molecule has 62 heavy (non-hydrogen) atoms. The zero-order valence-corrected chi connectivity index (χ0v) is 36.3. The summed E-state index contributed by atoms with van der Waals surface area (Å²) in [4.78, 5) is 0. The number of hydrogen-bond acceptors (Lipinski definition) is 2. The van der Waals surface area contributed by atoms with Crippen LogP contribution in [-0.4, -0.2) is 14.2 Å². The summed E-state index contributed by atoms with van der Waals surface area (Å²) in [5, 5.41) is 4.93. The van der Waals surface area contributed by atoms with Crippen molar-refractivity contribution in [3.05, 3.63) is 238 Å². The van der Waals surface area contributed by atoms with Gasteiger partial charge < -0.3 is 9.47 Å². The monoisotopic (exact) mass is 802 g/mol. The quantitative estimate of drug-likeness (QED) is 0.101. The summed E-state index contributed by atoms with van der Waals surface area (Å²) in [5.41, 5.74) is 19.3. The van der Waals surface area contributed by atoms with Crippen molar-refractivity contribution in [3.8, 4) is 33.8 Å². The van der Waals surface area contributed by atoms with Gasteiger partial charge in [-0.15, -0.1) is 0 Å². The van der Waals surface area contributed by atoms with E-state index in [1.54, 1.807) is 14.2 Å². The van der Waals surface area contributed by atoms with E-state index in [-0.39, 0.29) is 0 Å². The summed E-state index contributed by atoms with van der Waals surface area (Å²) in [7, 11) is 3.41. The van der Waals surface area contributed by atoms with Gasteiger partial charge in [-0.2, -0.15) is 0 Å². The normalized spacial score (nSPS) is 11.9. The topological polar surface area (TPSA) is 18.5 Å². The summed E-state index contributed by atoms with van der Waals surface area (Å²) in [6.45, 7) is 8.72. The lowest BCUT2D eigenvalue weighted by atomic mass is 9.84. The van der Waals surface area contributed by atoms with Gasteiger partial charge in [-0.3, -0.25) is 0 Å². The first-order valence-corrected chi connectivity index (χ1v) is 21.3. The molecule has 2 nitrogen and oxygen atoms in total. The van der Waals surface area contributed by atoms with Gasteiger partial charge >= 0.3 is 0 Å². The number of benzene rings is 9. The minimum absolute atomic E-state index is 0.850. The van der Waals surface area contributed by atoms with Crippen molar-refractivity contribution in [2.45, 2.75) is 27.7 Å². The average molecular weight is 803 g/mol. The molecular formula is C60H50O2. The van der Waals surface area contributed by atoms with Crippen molar-refractivity contribution in [1.29, 1.82) is 0 Å². The van der Waals surface area contributed by atoms with Crippen LogP contribution in [0.3, 0.4) is 0 Å². The van der Waals surface area contributed by atoms with E-state index in [1.807, 2.05) is 24.3 Å². The smallest absolute Gasteiger partial charge is 0.118 e. The van der Waals surface area contributed by atoms with Crippen molar-refractivity contribution in [2.75, 3.05) is 14.2 Å². The predicted octanol–water partition coefficient (Wildman–Crippen LogP) is 15.8. The minimum atomic E-state index is 0.850. The van der Waals surface area contributed by atoms with Gasteiger partial charge in [0.1, 0.15) is 11.5 Å². The Bertz CT molecular complexity index is 2860. The van der Waals surface area contributed by atoms with Gasteiger partial charge in [0.25, 0.3) is 0 Å². The molecule has 9 rings (SSSR count). The number of ether oxygens (including phenoxy) is 2. The molecule has 0 aliphatic rings. The molecule has 0 aromatic heterocycles. The van der Waals surface area contributed by atoms with Gasteiger partial charge in [0, 0.05) is 0 Å². The van der Waals surface area contributed by atoms with Gasteiger partial charge in [0.2, 0.25) is 0 Å². The van der Waals surface area contributed by atoms with Crippen LogP contribution in [0.1, 0.15) is 55.6 Å². The molecule has 9 aromatic carbocycles. The summed E-state index contributed by atoms with van der Waals surface area (Å²) in [6, 6.07) is 66.1. The maximum Gasteiger partial charge on any atom is 0.118 e. The second-order valence-electron chi connectivity index (χ2n) is 16.3. The van der Waals surface area contributed by atoms with E-state index in [4.69, 9.17) is 9.47 Å². The van der Waals surface area contributed by atoms with E-state index in [9.17, 15) is 0 Å². The third kappa shape index (κ3) is 7.96. The molecule has 9 aromatic rings. The largest absolute Gasteiger partial charge is 0.497 e. The molecule has 0 N–H and O–H groups in total. The Morgan fingerprint density at radius 1 is 0.371 bits per heavy atom. The number of methoxy groups -OCH3 is 2. The predicted molar refractivity (Wildman–Crippen MR) is 264 cm³/mol. The highest BCUT2D eigenvalue weighted by Gasteiger charge is 2.18. The highest BCUT2D eigenvalue weighted by atomic mass is 16.5. The van der Waals surface area contributed by atoms with Crippen molar-refractivity contribution in [1.82, 2.24) is 0 Å². The van der Waals surface area contributed by atoms with E-state index in [0.29, 0.717) is 0 Å². The summed E-state index contributed by atoms with van der Waals surface area (Å²) in [5.74, 6) is 1.70. The molecule has 0 bridgehead atoms. The van der Waals surface area contributed by atoms with Gasteiger partial charge in [0.15, 0.2) is 0 Å². The molecule has 0 atom stereocenters. The Kier molecular flexibility index (Phi) is 11.2. The van der Waals surface area contributed by atoms with Gasteiger partial charge in [0.05, 0.1) is 14.2 Å². The molecule has 0 aliphatic heterocycles. The Labute approximate surface area is 366 Å². The average Bonchev–Trinajstić information content (AvgIpc) is 3.31. The third-order valence-electron chi connectivity index (χ3n) is 12.1. The lowest BCUT2D eigenvalue weighted by Crippen LogP contribution is -1.95. The van der Waals surface area contributed by atoms with Crippen LogP contribution in [0.25, 0.3) is 67.1 Å². The maximum absolute atomic E-state index is 5.46. The Morgan fingerprint density at radius 2 is 0.710 bits per heavy atom. The number of rotatable bonds is 10. The van der Waals surface area contributed by atoms with Crippen LogP contribution in [0.2, 0.25) is 0 Å². The lowest BCUT2D eigenvalue weighted by molar-refractivity contribution is 0.414. The minimum Gasteiger partial charge on any atom is -0.497 e. The number of hydrogen-bond donors (Lipinski definition) is 0. The first kappa shape index (κ1) is 40.0. The van der Waals surface area contributed by atoms with E-state index >= 15 is 0 Å². The molecule has 0 radical (unpaired) electrons. The molecule has 0 spiro atoms. The number of fused-ring (bicyclic) bond motifs is 2. The SMILES string of the molecule is COc1ccc(/C=C(/c2ccc(-c3c4ccccc4c(-c4ccc(/C(=C/c5ccc(OC)cc5)c5cc(C)ccc5C)cc4)c4ccccc34)cc2)c2cc(C)ccc2C)cc1. The molecule has 0 fully saturated rings. The molecule has 0 saturated carbocycles. The van der Waals surface area contributed by atoms with Gasteiger partial charge in [-0.1, -0.05) is 169 Å². The summed E-state index contributed by atoms with van der Waals surface area (Å²) >= 11 is 0. The third-order valence-corrected chi connectivity index (χ3v) is 12.1. The first-order valence-electron chi connectivity index (χ1n) is 21.3. The number of aryl methyl sites for hydroxylation is 4. The van der Waals surface area contributed by atoms with Crippen LogP contribution in [0.4, 0.5) is 0 Å². The second kappa shape index (κ2) is 17.3. The fourth-order valence-electron chi connectivity index (χ4n) is 8.80. The van der Waals surface area contributed by atoms with Crippen LogP contribution in [0, 0.1) is 27.7 Å². The van der Waals surface area contributed by atoms with Gasteiger partial charge in [-0.25, -0.2) is 0 Å². The van der Waals surface area contributed by atoms with Gasteiger partial charge in [-0.05, 0) is 164 Å². The fraction of sp³-hybridized carbons (Fsp3) is 0.100. The zero-order valence-electron chi connectivity index (χ0n) is 36.3. The van der Waals surface area contributed by atoms with Crippen molar-refractivity contribution in [2.24, 2.45) is 0 Å². The van der Waals surface area contributed by atoms with Crippen molar-refractivity contribution < 1.29 is 9.47 Å². The molecule has 302 valence electrons. The van der Waals surface area contributed by atoms with Crippen LogP contribution in [0.15, 0.2) is 182 Å². The molecular weight excluding hydrogens is 753 g/mol. The fourth-order valence-corrected chi connectivity index (χ4v) is 8.80. The standard InChI is InChI=1S/C60H50O2/c1-39-15-17-41(3)55(35-39)57(37-43-19-31-49(61-5)32-20-43)45-23-27-47(28-24-45)59-51-11-7-9-13-53(51)60(54-14-10-8-12-52(54)59)48-29-25-46(26-30-48)58(56-36-40(2)16-18-42(56)4)38-44-21-33-50(62-6)34-22-44/h7-38H,1-6H3/b57-37-,58-38-. The second-order valence-corrected chi connectivity index (χ2v) is 16.3. The molecule has 0 unspecified atom stereocenters. The molecule has 2 heteroatoms. The van der Waals surface area contributed by atoms with Crippen molar-refractivity contribution in [3.63, 3.8) is 0 Å². The van der Waals surface area contributed by atoms with Crippen LogP contribution >= 0.6 is 0 Å². The zero-order chi connectivity index (χ0) is 42.7. The van der Waals surface area contributed by atoms with Crippen LogP contribution in [-0.2, 0) is 0 Å². The lowest BCUT2D eigenvalue weighted by Gasteiger charge is -2.19. The molecule has 0 heterocycles. The van der Waals surface area contributed by atoms with E-state index < -0.39 is 0 Å². The Morgan fingerprint density at radius 3 is 1.03 bits per heavy atom. The van der Waals surface area contributed by atoms with E-state index in [2.05, 4.69) is 198 Å². The van der Waals surface area contributed by atoms with Crippen LogP contribution in [0.5, 0.6) is 11.5 Å². The van der Waals surface area contributed by atoms with Crippen LogP contribution < -0.4 is 9.47 Å². The molecule has 0 saturated heterocycles. The van der Waals surface area contributed by atoms with Crippen molar-refractivity contribution >= 4 is 44.8 Å². The maximum atomic E-state index is 5.46. The highest BCUT2D eigenvalue weighted by molar-refractivity contribution is 6.21. The Hall–Kier alpha value is -7.42. The molecule has 0 aliphatic carbocycles. The van der Waals surface area contributed by atoms with E-state index in [0.717, 1.165) is 22.6 Å². The summed E-state index contributed by atoms with van der Waals surface area (Å²) < 4.78 is 10.9. The molecule has 0 amide bonds. The highest BCUT2D eigenvalue weighted by Crippen LogP contribution is 2.44.